The van der Waals surface area contributed by atoms with Gasteiger partial charge in [0.15, 0.2) is 5.96 Å². The molecule has 6 nitrogen and oxygen atoms in total. The molecule has 1 rings (SSSR count). The van der Waals surface area contributed by atoms with Crippen LogP contribution in [0, 0.1) is 0 Å². The molecule has 1 aromatic heterocycles. The monoisotopic (exact) mass is 261 g/mol. The van der Waals surface area contributed by atoms with Crippen LogP contribution in [0.3, 0.4) is 0 Å². The standard InChI is InChI=1S/C10H17F2N5O/c1-7(6-18-2)16-10(13)15-5-8-14-3-4-17(8)9(11)12/h3-4,7,9H,5-6H2,1-2H3,(H3,13,15,16). The molecule has 1 heterocycles. The summed E-state index contributed by atoms with van der Waals surface area (Å²) in [6, 6.07) is -0.00593. The number of aromatic nitrogens is 2. The molecule has 0 fully saturated rings. The fourth-order valence-electron chi connectivity index (χ4n) is 1.39. The Morgan fingerprint density at radius 2 is 2.39 bits per heavy atom. The predicted molar refractivity (Wildman–Crippen MR) is 63.3 cm³/mol. The molecule has 1 unspecified atom stereocenters. The predicted octanol–water partition coefficient (Wildman–Crippen LogP) is 0.717. The maximum Gasteiger partial charge on any atom is 0.319 e. The van der Waals surface area contributed by atoms with Crippen LogP contribution in [0.15, 0.2) is 17.4 Å². The Bertz CT molecular complexity index is 393. The van der Waals surface area contributed by atoms with Gasteiger partial charge in [-0.05, 0) is 6.92 Å². The first kappa shape index (κ1) is 14.4. The largest absolute Gasteiger partial charge is 0.383 e. The molecule has 0 spiro atoms. The van der Waals surface area contributed by atoms with Crippen LogP contribution in [0.4, 0.5) is 8.78 Å². The Morgan fingerprint density at radius 1 is 1.67 bits per heavy atom. The number of nitrogens with zero attached hydrogens (tertiary/aromatic N) is 3. The molecule has 0 amide bonds. The lowest BCUT2D eigenvalue weighted by atomic mass is 10.4. The van der Waals surface area contributed by atoms with Crippen molar-refractivity contribution in [1.29, 1.82) is 0 Å². The van der Waals surface area contributed by atoms with Crippen molar-refractivity contribution in [2.24, 2.45) is 10.7 Å². The summed E-state index contributed by atoms with van der Waals surface area (Å²) in [6.45, 7) is -0.289. The number of hydrogen-bond acceptors (Lipinski definition) is 3. The highest BCUT2D eigenvalue weighted by Crippen LogP contribution is 2.12. The lowest BCUT2D eigenvalue weighted by Crippen LogP contribution is -2.40. The van der Waals surface area contributed by atoms with E-state index >= 15 is 0 Å². The normalized spacial score (nSPS) is 13.9. The summed E-state index contributed by atoms with van der Waals surface area (Å²) < 4.78 is 30.7. The molecule has 0 aromatic carbocycles. The van der Waals surface area contributed by atoms with Crippen molar-refractivity contribution in [1.82, 2.24) is 14.9 Å². The Labute approximate surface area is 104 Å². The first-order chi connectivity index (χ1) is 8.54. The molecule has 3 N–H and O–H groups in total. The lowest BCUT2D eigenvalue weighted by Gasteiger charge is -2.13. The number of methoxy groups -OCH3 is 1. The van der Waals surface area contributed by atoms with E-state index in [0.717, 1.165) is 4.57 Å². The van der Waals surface area contributed by atoms with Crippen LogP contribution in [0.2, 0.25) is 0 Å². The van der Waals surface area contributed by atoms with Crippen LogP contribution in [-0.4, -0.2) is 35.3 Å². The number of nitrogens with two attached hydrogens (primary N) is 1. The van der Waals surface area contributed by atoms with Gasteiger partial charge in [0.2, 0.25) is 0 Å². The highest BCUT2D eigenvalue weighted by atomic mass is 19.3. The number of guanidine groups is 1. The van der Waals surface area contributed by atoms with Gasteiger partial charge in [0, 0.05) is 25.5 Å². The molecule has 102 valence electrons. The molecule has 0 aliphatic carbocycles. The maximum absolute atomic E-state index is 12.5. The number of halogens is 2. The van der Waals surface area contributed by atoms with E-state index in [1.165, 1.54) is 12.4 Å². The third-order valence-electron chi connectivity index (χ3n) is 2.16. The zero-order chi connectivity index (χ0) is 13.5. The molecule has 1 aromatic rings. The molecule has 0 aliphatic heterocycles. The lowest BCUT2D eigenvalue weighted by molar-refractivity contribution is 0.0671. The summed E-state index contributed by atoms with van der Waals surface area (Å²) in [5.41, 5.74) is 5.61. The van der Waals surface area contributed by atoms with Crippen LogP contribution in [-0.2, 0) is 11.3 Å². The van der Waals surface area contributed by atoms with E-state index in [0.29, 0.717) is 6.61 Å². The Kier molecular flexibility index (Phi) is 5.50. The number of ether oxygens (including phenoxy) is 1. The zero-order valence-corrected chi connectivity index (χ0v) is 10.3. The molecule has 8 heteroatoms. The molecule has 0 bridgehead atoms. The fraction of sp³-hybridized carbons (Fsp3) is 0.600. The van der Waals surface area contributed by atoms with Gasteiger partial charge in [0.25, 0.3) is 0 Å². The second kappa shape index (κ2) is 6.90. The van der Waals surface area contributed by atoms with Gasteiger partial charge in [-0.15, -0.1) is 0 Å². The van der Waals surface area contributed by atoms with Crippen molar-refractivity contribution in [2.75, 3.05) is 13.7 Å². The minimum absolute atomic E-state index is 0.00409. The van der Waals surface area contributed by atoms with Crippen molar-refractivity contribution < 1.29 is 13.5 Å². The molecular formula is C10H17F2N5O. The quantitative estimate of drug-likeness (QED) is 0.584. The van der Waals surface area contributed by atoms with Crippen LogP contribution in [0.5, 0.6) is 0 Å². The van der Waals surface area contributed by atoms with E-state index in [9.17, 15) is 8.78 Å². The van der Waals surface area contributed by atoms with Crippen molar-refractivity contribution >= 4 is 5.96 Å². The highest BCUT2D eigenvalue weighted by molar-refractivity contribution is 5.78. The number of hydrogen-bond donors (Lipinski definition) is 2. The van der Waals surface area contributed by atoms with Gasteiger partial charge in [-0.1, -0.05) is 0 Å². The third-order valence-corrected chi connectivity index (χ3v) is 2.16. The topological polar surface area (TPSA) is 77.5 Å². The Hall–Kier alpha value is -1.70. The molecule has 0 radical (unpaired) electrons. The second-order valence-electron chi connectivity index (χ2n) is 3.73. The number of rotatable bonds is 6. The first-order valence-corrected chi connectivity index (χ1v) is 5.39. The van der Waals surface area contributed by atoms with E-state index in [-0.39, 0.29) is 24.4 Å². The van der Waals surface area contributed by atoms with E-state index in [4.69, 9.17) is 10.5 Å². The van der Waals surface area contributed by atoms with E-state index < -0.39 is 6.55 Å². The van der Waals surface area contributed by atoms with Crippen molar-refractivity contribution in [3.8, 4) is 0 Å². The van der Waals surface area contributed by atoms with E-state index in [1.54, 1.807) is 7.11 Å². The van der Waals surface area contributed by atoms with Gasteiger partial charge in [0.1, 0.15) is 12.4 Å². The van der Waals surface area contributed by atoms with Crippen molar-refractivity contribution in [3.63, 3.8) is 0 Å². The molecular weight excluding hydrogens is 244 g/mol. The minimum Gasteiger partial charge on any atom is -0.383 e. The molecule has 0 aliphatic rings. The summed E-state index contributed by atoms with van der Waals surface area (Å²) in [6.07, 6.45) is 2.50. The first-order valence-electron chi connectivity index (χ1n) is 5.39. The van der Waals surface area contributed by atoms with Gasteiger partial charge in [0.05, 0.1) is 6.61 Å². The van der Waals surface area contributed by atoms with E-state index in [1.807, 2.05) is 6.92 Å². The fourth-order valence-corrected chi connectivity index (χ4v) is 1.39. The molecule has 18 heavy (non-hydrogen) atoms. The van der Waals surface area contributed by atoms with Gasteiger partial charge in [-0.2, -0.15) is 8.78 Å². The number of imidazole rings is 1. The van der Waals surface area contributed by atoms with E-state index in [2.05, 4.69) is 15.3 Å². The molecule has 1 atom stereocenters. The Balaban J connectivity index is 2.54. The van der Waals surface area contributed by atoms with Gasteiger partial charge in [-0.3, -0.25) is 4.57 Å². The van der Waals surface area contributed by atoms with Crippen LogP contribution < -0.4 is 11.1 Å². The SMILES string of the molecule is COCC(C)NC(N)=NCc1nccn1C(F)F. The summed E-state index contributed by atoms with van der Waals surface area (Å²) in [7, 11) is 1.57. The van der Waals surface area contributed by atoms with Gasteiger partial charge < -0.3 is 15.8 Å². The van der Waals surface area contributed by atoms with Crippen LogP contribution in [0.1, 0.15) is 19.3 Å². The highest BCUT2D eigenvalue weighted by Gasteiger charge is 2.10. The number of nitrogens with one attached hydrogen (secondary N) is 1. The van der Waals surface area contributed by atoms with Crippen molar-refractivity contribution in [3.05, 3.63) is 18.2 Å². The van der Waals surface area contributed by atoms with Gasteiger partial charge >= 0.3 is 6.55 Å². The van der Waals surface area contributed by atoms with Crippen molar-refractivity contribution in [2.45, 2.75) is 26.1 Å². The Morgan fingerprint density at radius 3 is 3.00 bits per heavy atom. The summed E-state index contributed by atoms with van der Waals surface area (Å²) >= 11 is 0. The smallest absolute Gasteiger partial charge is 0.319 e. The maximum atomic E-state index is 12.5. The second-order valence-corrected chi connectivity index (χ2v) is 3.73. The van der Waals surface area contributed by atoms with Crippen LogP contribution >= 0.6 is 0 Å². The average molecular weight is 261 g/mol. The summed E-state index contributed by atoms with van der Waals surface area (Å²) in [5.74, 6) is 0.331. The summed E-state index contributed by atoms with van der Waals surface area (Å²) in [4.78, 5) is 7.74. The summed E-state index contributed by atoms with van der Waals surface area (Å²) in [5, 5.41) is 2.87. The zero-order valence-electron chi connectivity index (χ0n) is 10.3. The average Bonchev–Trinajstić information content (AvgIpc) is 2.74. The van der Waals surface area contributed by atoms with Crippen LogP contribution in [0.25, 0.3) is 0 Å². The molecule has 0 saturated heterocycles. The number of alkyl halides is 2. The minimum atomic E-state index is -2.63. The third kappa shape index (κ3) is 4.28. The molecule has 0 saturated carbocycles. The number of aliphatic imine (C=N–C) groups is 1. The van der Waals surface area contributed by atoms with Gasteiger partial charge in [-0.25, -0.2) is 9.98 Å².